The molecule has 0 unspecified atom stereocenters. The van der Waals surface area contributed by atoms with Crippen molar-refractivity contribution in [2.45, 2.75) is 39.0 Å². The number of hydrogen-bond acceptors (Lipinski definition) is 5. The lowest BCUT2D eigenvalue weighted by Gasteiger charge is -2.14. The summed E-state index contributed by atoms with van der Waals surface area (Å²) in [5.41, 5.74) is 3.45. The molecule has 1 aliphatic rings. The number of para-hydroxylation sites is 1. The topological polar surface area (TPSA) is 115 Å². The first-order valence-corrected chi connectivity index (χ1v) is 13.0. The molecule has 1 aromatic heterocycles. The number of carbonyl (C=O) groups is 3. The molecule has 0 aliphatic carbocycles. The Balaban J connectivity index is 1.18. The van der Waals surface area contributed by atoms with Crippen LogP contribution in [0.25, 0.3) is 16.6 Å². The third-order valence-corrected chi connectivity index (χ3v) is 7.12. The molecule has 0 fully saturated rings. The highest BCUT2D eigenvalue weighted by Crippen LogP contribution is 2.33. The first-order chi connectivity index (χ1) is 18.9. The molecule has 0 saturated heterocycles. The second-order valence-electron chi connectivity index (χ2n) is 9.62. The molecule has 1 N–H and O–H groups in total. The molecule has 0 radical (unpaired) electrons. The van der Waals surface area contributed by atoms with Crippen molar-refractivity contribution >= 4 is 40.1 Å². The van der Waals surface area contributed by atoms with Gasteiger partial charge in [-0.15, -0.1) is 0 Å². The lowest BCUT2D eigenvalue weighted by molar-refractivity contribution is -0.384. The molecule has 4 aromatic rings. The zero-order valence-electron chi connectivity index (χ0n) is 21.6. The van der Waals surface area contributed by atoms with Gasteiger partial charge in [0.15, 0.2) is 0 Å². The van der Waals surface area contributed by atoms with Gasteiger partial charge >= 0.3 is 0 Å². The average molecular weight is 525 g/mol. The second-order valence-corrected chi connectivity index (χ2v) is 9.62. The number of carbonyl (C=O) groups excluding carboxylic acids is 3. The zero-order chi connectivity index (χ0) is 27.5. The van der Waals surface area contributed by atoms with Crippen LogP contribution in [0.15, 0.2) is 72.8 Å². The van der Waals surface area contributed by atoms with E-state index in [9.17, 15) is 24.5 Å². The minimum atomic E-state index is -0.439. The number of aromatic nitrogens is 1. The molecule has 0 bridgehead atoms. The number of imide groups is 1. The lowest BCUT2D eigenvalue weighted by atomic mass is 10.1. The van der Waals surface area contributed by atoms with Crippen molar-refractivity contribution in [1.82, 2.24) is 9.47 Å². The fraction of sp³-hybridized carbons (Fsp3) is 0.233. The van der Waals surface area contributed by atoms with E-state index in [1.807, 2.05) is 35.8 Å². The number of hydrogen-bond donors (Lipinski definition) is 1. The van der Waals surface area contributed by atoms with Crippen LogP contribution in [0, 0.1) is 17.0 Å². The Bertz CT molecular complexity index is 1550. The van der Waals surface area contributed by atoms with E-state index < -0.39 is 4.92 Å². The Kier molecular flexibility index (Phi) is 7.23. The number of aryl methyl sites for hydroxylation is 1. The Hall–Kier alpha value is -4.79. The van der Waals surface area contributed by atoms with Gasteiger partial charge in [0.05, 0.1) is 21.6 Å². The molecule has 0 spiro atoms. The number of nitrogens with zero attached hydrogens (tertiary/aromatic N) is 3. The van der Waals surface area contributed by atoms with E-state index in [-0.39, 0.29) is 23.4 Å². The maximum atomic E-state index is 12.9. The molecular weight excluding hydrogens is 496 g/mol. The second kappa shape index (κ2) is 10.9. The van der Waals surface area contributed by atoms with E-state index in [0.29, 0.717) is 48.4 Å². The van der Waals surface area contributed by atoms with E-state index >= 15 is 0 Å². The molecule has 5 rings (SSSR count). The monoisotopic (exact) mass is 524 g/mol. The highest BCUT2D eigenvalue weighted by Gasteiger charge is 2.34. The Morgan fingerprint density at radius 3 is 2.13 bits per heavy atom. The summed E-state index contributed by atoms with van der Waals surface area (Å²) in [5.74, 6) is 0.0348. The first-order valence-electron chi connectivity index (χ1n) is 13.0. The van der Waals surface area contributed by atoms with Crippen molar-refractivity contribution in [3.63, 3.8) is 0 Å². The maximum absolute atomic E-state index is 12.9. The lowest BCUT2D eigenvalue weighted by Crippen LogP contribution is -2.30. The molecule has 0 saturated carbocycles. The van der Waals surface area contributed by atoms with Gasteiger partial charge in [-0.25, -0.2) is 0 Å². The van der Waals surface area contributed by atoms with Crippen molar-refractivity contribution in [3.8, 4) is 5.69 Å². The Labute approximate surface area is 225 Å². The molecule has 9 heteroatoms. The number of nitrogens with one attached hydrogen (secondary N) is 1. The van der Waals surface area contributed by atoms with E-state index in [2.05, 4.69) is 5.32 Å². The fourth-order valence-corrected chi connectivity index (χ4v) is 5.09. The van der Waals surface area contributed by atoms with Crippen LogP contribution in [0.2, 0.25) is 0 Å². The standard InChI is InChI=1S/C30H28N4O5/c1-20-23-10-7-8-13-26(23)33(21-15-17-22(18-16-21)34(38)39)28(20)31-27(35)14-4-2-3-9-19-32-29(36)24-11-5-6-12-25(24)30(32)37/h5-8,10-13,15-18H,2-4,9,14,19H2,1H3,(H,31,35). The summed E-state index contributed by atoms with van der Waals surface area (Å²) in [5, 5.41) is 15.1. The molecule has 39 heavy (non-hydrogen) atoms. The third kappa shape index (κ3) is 5.03. The molecule has 9 nitrogen and oxygen atoms in total. The van der Waals surface area contributed by atoms with Crippen molar-refractivity contribution in [3.05, 3.63) is 99.6 Å². The average Bonchev–Trinajstić information content (AvgIpc) is 3.36. The number of non-ortho nitro benzene ring substituents is 1. The van der Waals surface area contributed by atoms with E-state index in [4.69, 9.17) is 0 Å². The zero-order valence-corrected chi connectivity index (χ0v) is 21.6. The van der Waals surface area contributed by atoms with Gasteiger partial charge in [0.2, 0.25) is 5.91 Å². The first kappa shape index (κ1) is 25.8. The molecule has 0 atom stereocenters. The van der Waals surface area contributed by atoms with Gasteiger partial charge in [-0.2, -0.15) is 0 Å². The van der Waals surface area contributed by atoms with Crippen LogP contribution in [0.5, 0.6) is 0 Å². The summed E-state index contributed by atoms with van der Waals surface area (Å²) < 4.78 is 1.91. The number of anilines is 1. The number of benzene rings is 3. The molecule has 198 valence electrons. The van der Waals surface area contributed by atoms with Crippen LogP contribution in [0.1, 0.15) is 58.4 Å². The third-order valence-electron chi connectivity index (χ3n) is 7.12. The van der Waals surface area contributed by atoms with Gasteiger partial charge in [-0.05, 0) is 55.7 Å². The molecule has 1 aliphatic heterocycles. The van der Waals surface area contributed by atoms with Crippen molar-refractivity contribution in [2.24, 2.45) is 0 Å². The number of nitro groups is 1. The van der Waals surface area contributed by atoms with Gasteiger partial charge in [0.1, 0.15) is 5.82 Å². The van der Waals surface area contributed by atoms with Crippen molar-refractivity contribution in [1.29, 1.82) is 0 Å². The van der Waals surface area contributed by atoms with E-state index in [1.54, 1.807) is 36.4 Å². The van der Waals surface area contributed by atoms with Gasteiger partial charge in [0.25, 0.3) is 17.5 Å². The number of amides is 3. The van der Waals surface area contributed by atoms with Crippen LogP contribution in [-0.2, 0) is 4.79 Å². The highest BCUT2D eigenvalue weighted by atomic mass is 16.6. The number of nitro benzene ring substituents is 1. The highest BCUT2D eigenvalue weighted by molar-refractivity contribution is 6.21. The van der Waals surface area contributed by atoms with Gasteiger partial charge < -0.3 is 5.32 Å². The van der Waals surface area contributed by atoms with Crippen LogP contribution in [0.4, 0.5) is 11.5 Å². The van der Waals surface area contributed by atoms with E-state index in [1.165, 1.54) is 17.0 Å². The molecule has 2 heterocycles. The summed E-state index contributed by atoms with van der Waals surface area (Å²) in [6.45, 7) is 2.31. The minimum absolute atomic E-state index is 0.000482. The molecule has 3 amide bonds. The number of unbranched alkanes of at least 4 members (excludes halogenated alkanes) is 3. The van der Waals surface area contributed by atoms with Gasteiger partial charge in [-0.1, -0.05) is 43.2 Å². The normalized spacial score (nSPS) is 12.7. The van der Waals surface area contributed by atoms with Crippen molar-refractivity contribution < 1.29 is 19.3 Å². The summed E-state index contributed by atoms with van der Waals surface area (Å²) in [4.78, 5) is 49.8. The fourth-order valence-electron chi connectivity index (χ4n) is 5.09. The largest absolute Gasteiger partial charge is 0.312 e. The quantitative estimate of drug-likeness (QED) is 0.118. The predicted octanol–water partition coefficient (Wildman–Crippen LogP) is 6.03. The summed E-state index contributed by atoms with van der Waals surface area (Å²) in [7, 11) is 0. The van der Waals surface area contributed by atoms with Crippen LogP contribution >= 0.6 is 0 Å². The minimum Gasteiger partial charge on any atom is -0.312 e. The maximum Gasteiger partial charge on any atom is 0.269 e. The predicted molar refractivity (Wildman–Crippen MR) is 148 cm³/mol. The summed E-state index contributed by atoms with van der Waals surface area (Å²) in [6, 6.07) is 20.9. The van der Waals surface area contributed by atoms with Crippen LogP contribution in [0.3, 0.4) is 0 Å². The van der Waals surface area contributed by atoms with Crippen LogP contribution in [-0.4, -0.2) is 38.7 Å². The summed E-state index contributed by atoms with van der Waals surface area (Å²) in [6.07, 6.45) is 3.27. The Morgan fingerprint density at radius 1 is 0.846 bits per heavy atom. The molecular formula is C30H28N4O5. The summed E-state index contributed by atoms with van der Waals surface area (Å²) >= 11 is 0. The number of fused-ring (bicyclic) bond motifs is 2. The number of rotatable bonds is 10. The van der Waals surface area contributed by atoms with Gasteiger partial charge in [0, 0.05) is 36.2 Å². The van der Waals surface area contributed by atoms with Crippen LogP contribution < -0.4 is 5.32 Å². The smallest absolute Gasteiger partial charge is 0.269 e. The SMILES string of the molecule is Cc1c(NC(=O)CCCCCCN2C(=O)c3ccccc3C2=O)n(-c2ccc([N+](=O)[O-])cc2)c2ccccc12. The Morgan fingerprint density at radius 2 is 1.46 bits per heavy atom. The molecule has 3 aromatic carbocycles. The van der Waals surface area contributed by atoms with E-state index in [0.717, 1.165) is 29.3 Å². The van der Waals surface area contributed by atoms with Gasteiger partial charge in [-0.3, -0.25) is 34.0 Å². The van der Waals surface area contributed by atoms with Crippen molar-refractivity contribution in [2.75, 3.05) is 11.9 Å².